The Bertz CT molecular complexity index is 294. The van der Waals surface area contributed by atoms with Gasteiger partial charge in [-0.25, -0.2) is 0 Å². The molecule has 0 spiro atoms. The quantitative estimate of drug-likeness (QED) is 0.696. The van der Waals surface area contributed by atoms with Crippen LogP contribution >= 0.6 is 11.3 Å². The fourth-order valence-corrected chi connectivity index (χ4v) is 1.81. The van der Waals surface area contributed by atoms with E-state index in [1.54, 1.807) is 6.07 Å². The lowest BCUT2D eigenvalue weighted by Crippen LogP contribution is -1.89. The maximum absolute atomic E-state index is 8.56. The first-order valence-electron chi connectivity index (χ1n) is 3.44. The molecule has 0 atom stereocenters. The average Bonchev–Trinajstić information content (AvgIpc) is 2.30. The van der Waals surface area contributed by atoms with Crippen LogP contribution in [0.3, 0.4) is 0 Å². The van der Waals surface area contributed by atoms with Gasteiger partial charge in [0.15, 0.2) is 0 Å². The summed E-state index contributed by atoms with van der Waals surface area (Å²) in [5.74, 6) is 0.419. The van der Waals surface area contributed by atoms with E-state index in [-0.39, 0.29) is 0 Å². The van der Waals surface area contributed by atoms with Gasteiger partial charge in [-0.1, -0.05) is 13.8 Å². The Morgan fingerprint density at radius 2 is 2.27 bits per heavy atom. The molecule has 0 fully saturated rings. The number of hydrogen-bond acceptors (Lipinski definition) is 3. The van der Waals surface area contributed by atoms with Crippen molar-refractivity contribution in [1.82, 2.24) is 0 Å². The lowest BCUT2D eigenvalue weighted by molar-refractivity contribution is 0.892. The minimum absolute atomic E-state index is 0.419. The van der Waals surface area contributed by atoms with E-state index in [1.165, 1.54) is 11.3 Å². The summed E-state index contributed by atoms with van der Waals surface area (Å²) in [7, 11) is 0. The molecule has 1 rings (SSSR count). The van der Waals surface area contributed by atoms with Crippen molar-refractivity contribution in [3.63, 3.8) is 0 Å². The number of nitrogens with zero attached hydrogens (tertiary/aromatic N) is 1. The average molecular weight is 166 g/mol. The molecule has 0 saturated carbocycles. The van der Waals surface area contributed by atoms with Crippen molar-refractivity contribution in [2.24, 2.45) is 0 Å². The van der Waals surface area contributed by atoms with E-state index < -0.39 is 0 Å². The molecule has 2 N–H and O–H groups in total. The highest BCUT2D eigenvalue weighted by Gasteiger charge is 2.08. The van der Waals surface area contributed by atoms with Gasteiger partial charge >= 0.3 is 0 Å². The molecule has 1 heterocycles. The highest BCUT2D eigenvalue weighted by Crippen LogP contribution is 2.30. The van der Waals surface area contributed by atoms with Crippen LogP contribution in [0.15, 0.2) is 6.07 Å². The monoisotopic (exact) mass is 166 g/mol. The van der Waals surface area contributed by atoms with Crippen LogP contribution in [-0.2, 0) is 0 Å². The summed E-state index contributed by atoms with van der Waals surface area (Å²) >= 11 is 1.48. The SMILES string of the molecule is CC(C)c1sc(C#N)cc1N. The van der Waals surface area contributed by atoms with E-state index in [9.17, 15) is 0 Å². The summed E-state index contributed by atoms with van der Waals surface area (Å²) in [5.41, 5.74) is 6.43. The van der Waals surface area contributed by atoms with Crippen LogP contribution in [0.5, 0.6) is 0 Å². The van der Waals surface area contributed by atoms with Crippen LogP contribution in [0, 0.1) is 11.3 Å². The second-order valence-electron chi connectivity index (χ2n) is 2.70. The van der Waals surface area contributed by atoms with Crippen LogP contribution in [0.4, 0.5) is 5.69 Å². The maximum atomic E-state index is 8.56. The van der Waals surface area contributed by atoms with Crippen molar-refractivity contribution >= 4 is 17.0 Å². The zero-order valence-electron chi connectivity index (χ0n) is 6.59. The minimum atomic E-state index is 0.419. The van der Waals surface area contributed by atoms with E-state index in [2.05, 4.69) is 19.9 Å². The summed E-state index contributed by atoms with van der Waals surface area (Å²) in [6.07, 6.45) is 0. The Kier molecular flexibility index (Phi) is 2.16. The molecule has 1 aromatic heterocycles. The van der Waals surface area contributed by atoms with E-state index in [4.69, 9.17) is 11.0 Å². The van der Waals surface area contributed by atoms with Gasteiger partial charge in [-0.2, -0.15) is 5.26 Å². The summed E-state index contributed by atoms with van der Waals surface area (Å²) < 4.78 is 0. The summed E-state index contributed by atoms with van der Waals surface area (Å²) in [4.78, 5) is 1.81. The van der Waals surface area contributed by atoms with Gasteiger partial charge in [0.25, 0.3) is 0 Å². The molecule has 0 aliphatic rings. The molecule has 0 aliphatic carbocycles. The van der Waals surface area contributed by atoms with Gasteiger partial charge in [-0.05, 0) is 12.0 Å². The first kappa shape index (κ1) is 8.09. The standard InChI is InChI=1S/C8H10N2S/c1-5(2)8-7(10)3-6(4-9)11-8/h3,5H,10H2,1-2H3. The van der Waals surface area contributed by atoms with Crippen molar-refractivity contribution in [2.45, 2.75) is 19.8 Å². The molecule has 0 amide bonds. The molecular weight excluding hydrogens is 156 g/mol. The summed E-state index contributed by atoms with van der Waals surface area (Å²) in [6, 6.07) is 3.82. The van der Waals surface area contributed by atoms with Gasteiger partial charge in [-0.3, -0.25) is 0 Å². The van der Waals surface area contributed by atoms with Crippen LogP contribution < -0.4 is 5.73 Å². The largest absolute Gasteiger partial charge is 0.398 e. The van der Waals surface area contributed by atoms with Gasteiger partial charge in [0, 0.05) is 10.6 Å². The molecule has 1 aromatic rings. The van der Waals surface area contributed by atoms with E-state index in [1.807, 2.05) is 0 Å². The minimum Gasteiger partial charge on any atom is -0.398 e. The third-order valence-electron chi connectivity index (χ3n) is 1.43. The smallest absolute Gasteiger partial charge is 0.110 e. The van der Waals surface area contributed by atoms with Crippen molar-refractivity contribution < 1.29 is 0 Å². The molecule has 0 radical (unpaired) electrons. The van der Waals surface area contributed by atoms with E-state index in [0.717, 1.165) is 10.6 Å². The Labute approximate surface area is 70.3 Å². The Balaban J connectivity index is 3.09. The fraction of sp³-hybridized carbons (Fsp3) is 0.375. The normalized spacial score (nSPS) is 10.0. The van der Waals surface area contributed by atoms with E-state index in [0.29, 0.717) is 10.8 Å². The van der Waals surface area contributed by atoms with Gasteiger partial charge in [0.1, 0.15) is 10.9 Å². The van der Waals surface area contributed by atoms with Gasteiger partial charge in [-0.15, -0.1) is 11.3 Å². The number of nitrogen functional groups attached to an aromatic ring is 1. The van der Waals surface area contributed by atoms with Crippen molar-refractivity contribution in [3.05, 3.63) is 15.8 Å². The molecule has 0 aromatic carbocycles. The highest BCUT2D eigenvalue weighted by atomic mass is 32.1. The predicted molar refractivity (Wildman–Crippen MR) is 47.5 cm³/mol. The second kappa shape index (κ2) is 2.93. The number of thiophene rings is 1. The molecule has 0 aliphatic heterocycles. The molecule has 2 nitrogen and oxygen atoms in total. The van der Waals surface area contributed by atoms with E-state index >= 15 is 0 Å². The maximum Gasteiger partial charge on any atom is 0.110 e. The van der Waals surface area contributed by atoms with Crippen molar-refractivity contribution in [2.75, 3.05) is 5.73 Å². The third kappa shape index (κ3) is 1.52. The molecule has 0 unspecified atom stereocenters. The third-order valence-corrected chi connectivity index (χ3v) is 2.78. The zero-order chi connectivity index (χ0) is 8.43. The number of nitrogens with two attached hydrogens (primary N) is 1. The van der Waals surface area contributed by atoms with Crippen LogP contribution in [0.25, 0.3) is 0 Å². The molecule has 0 saturated heterocycles. The van der Waals surface area contributed by atoms with Gasteiger partial charge in [0.2, 0.25) is 0 Å². The summed E-state index contributed by atoms with van der Waals surface area (Å²) in [5, 5.41) is 8.56. The molecule has 11 heavy (non-hydrogen) atoms. The zero-order valence-corrected chi connectivity index (χ0v) is 7.40. The molecule has 3 heteroatoms. The van der Waals surface area contributed by atoms with Crippen LogP contribution in [0.1, 0.15) is 29.5 Å². The Morgan fingerprint density at radius 3 is 2.55 bits per heavy atom. The number of hydrogen-bond donors (Lipinski definition) is 1. The molecule has 0 bridgehead atoms. The Hall–Kier alpha value is -1.01. The number of anilines is 1. The Morgan fingerprint density at radius 1 is 1.64 bits per heavy atom. The summed E-state index contributed by atoms with van der Waals surface area (Å²) in [6.45, 7) is 4.15. The first-order valence-corrected chi connectivity index (χ1v) is 4.26. The van der Waals surface area contributed by atoms with Crippen LogP contribution in [0.2, 0.25) is 0 Å². The highest BCUT2D eigenvalue weighted by molar-refractivity contribution is 7.13. The number of nitriles is 1. The second-order valence-corrected chi connectivity index (χ2v) is 3.78. The molecular formula is C8H10N2S. The lowest BCUT2D eigenvalue weighted by Gasteiger charge is -2.00. The fourth-order valence-electron chi connectivity index (χ4n) is 0.925. The topological polar surface area (TPSA) is 49.8 Å². The van der Waals surface area contributed by atoms with Gasteiger partial charge in [0.05, 0.1) is 0 Å². The van der Waals surface area contributed by atoms with Crippen LogP contribution in [-0.4, -0.2) is 0 Å². The molecule has 58 valence electrons. The lowest BCUT2D eigenvalue weighted by atomic mass is 10.1. The predicted octanol–water partition coefficient (Wildman–Crippen LogP) is 2.33. The van der Waals surface area contributed by atoms with Crippen molar-refractivity contribution in [3.8, 4) is 6.07 Å². The van der Waals surface area contributed by atoms with Gasteiger partial charge < -0.3 is 5.73 Å². The number of rotatable bonds is 1. The first-order chi connectivity index (χ1) is 5.15. The van der Waals surface area contributed by atoms with Crippen molar-refractivity contribution in [1.29, 1.82) is 5.26 Å².